The van der Waals surface area contributed by atoms with Gasteiger partial charge in [-0.2, -0.15) is 5.10 Å². The predicted molar refractivity (Wildman–Crippen MR) is 106 cm³/mol. The highest BCUT2D eigenvalue weighted by Crippen LogP contribution is 2.16. The van der Waals surface area contributed by atoms with Crippen molar-refractivity contribution in [3.63, 3.8) is 0 Å². The second kappa shape index (κ2) is 8.79. The predicted octanol–water partition coefficient (Wildman–Crippen LogP) is 3.12. The Kier molecular flexibility index (Phi) is 6.21. The van der Waals surface area contributed by atoms with E-state index in [2.05, 4.69) is 15.0 Å². The highest BCUT2D eigenvalue weighted by molar-refractivity contribution is 6.30. The summed E-state index contributed by atoms with van der Waals surface area (Å²) in [4.78, 5) is 21.1. The van der Waals surface area contributed by atoms with Gasteiger partial charge < -0.3 is 9.80 Å². The van der Waals surface area contributed by atoms with Gasteiger partial charge in [0.1, 0.15) is 0 Å². The largest absolute Gasteiger partial charge is 0.333 e. The van der Waals surface area contributed by atoms with Crippen LogP contribution in [0.1, 0.15) is 15.9 Å². The van der Waals surface area contributed by atoms with Crippen molar-refractivity contribution in [1.29, 1.82) is 0 Å². The normalized spacial score (nSPS) is 11.0. The third-order valence-electron chi connectivity index (χ3n) is 4.10. The molecule has 27 heavy (non-hydrogen) atoms. The molecular formula is C20H22ClN5O. The van der Waals surface area contributed by atoms with Crippen LogP contribution in [0.3, 0.4) is 0 Å². The number of hydrogen-bond acceptors (Lipinski definition) is 4. The van der Waals surface area contributed by atoms with Gasteiger partial charge in [0, 0.05) is 43.2 Å². The maximum absolute atomic E-state index is 13.1. The number of pyridine rings is 1. The van der Waals surface area contributed by atoms with Crippen molar-refractivity contribution in [1.82, 2.24) is 24.6 Å². The van der Waals surface area contributed by atoms with Gasteiger partial charge in [-0.05, 0) is 43.9 Å². The summed E-state index contributed by atoms with van der Waals surface area (Å²) in [6, 6.07) is 11.2. The lowest BCUT2D eigenvalue weighted by Crippen LogP contribution is -2.36. The SMILES string of the molecule is CN(C)CCN(Cc1cccnc1)C(=O)c1cnn(-c2cccc(Cl)c2)c1. The van der Waals surface area contributed by atoms with Crippen LogP contribution in [-0.2, 0) is 6.54 Å². The molecule has 7 heteroatoms. The van der Waals surface area contributed by atoms with Crippen molar-refractivity contribution in [3.8, 4) is 5.69 Å². The Morgan fingerprint density at radius 2 is 2.00 bits per heavy atom. The fourth-order valence-electron chi connectivity index (χ4n) is 2.66. The highest BCUT2D eigenvalue weighted by Gasteiger charge is 2.18. The van der Waals surface area contributed by atoms with Crippen LogP contribution >= 0.6 is 11.6 Å². The average molecular weight is 384 g/mol. The molecule has 6 nitrogen and oxygen atoms in total. The number of amides is 1. The quantitative estimate of drug-likeness (QED) is 0.629. The van der Waals surface area contributed by atoms with Gasteiger partial charge >= 0.3 is 0 Å². The van der Waals surface area contributed by atoms with E-state index in [-0.39, 0.29) is 5.91 Å². The summed E-state index contributed by atoms with van der Waals surface area (Å²) in [5.74, 6) is -0.0611. The first-order valence-corrected chi connectivity index (χ1v) is 9.04. The van der Waals surface area contributed by atoms with E-state index in [0.717, 1.165) is 17.8 Å². The molecule has 0 bridgehead atoms. The zero-order chi connectivity index (χ0) is 19.2. The van der Waals surface area contributed by atoms with E-state index in [1.165, 1.54) is 0 Å². The summed E-state index contributed by atoms with van der Waals surface area (Å²) in [6.45, 7) is 1.89. The van der Waals surface area contributed by atoms with Gasteiger partial charge in [0.15, 0.2) is 0 Å². The Morgan fingerprint density at radius 1 is 1.15 bits per heavy atom. The monoisotopic (exact) mass is 383 g/mol. The number of aromatic nitrogens is 3. The lowest BCUT2D eigenvalue weighted by molar-refractivity contribution is 0.0732. The van der Waals surface area contributed by atoms with Gasteiger partial charge in [-0.15, -0.1) is 0 Å². The fourth-order valence-corrected chi connectivity index (χ4v) is 2.85. The first-order chi connectivity index (χ1) is 13.0. The summed E-state index contributed by atoms with van der Waals surface area (Å²) in [7, 11) is 3.98. The number of carbonyl (C=O) groups excluding carboxylic acids is 1. The topological polar surface area (TPSA) is 54.3 Å². The van der Waals surface area contributed by atoms with Crippen molar-refractivity contribution in [2.45, 2.75) is 6.54 Å². The summed E-state index contributed by atoms with van der Waals surface area (Å²) < 4.78 is 1.66. The highest BCUT2D eigenvalue weighted by atomic mass is 35.5. The summed E-state index contributed by atoms with van der Waals surface area (Å²) in [5, 5.41) is 4.95. The molecular weight excluding hydrogens is 362 g/mol. The number of nitrogens with zero attached hydrogens (tertiary/aromatic N) is 5. The van der Waals surface area contributed by atoms with Crippen LogP contribution in [0.4, 0.5) is 0 Å². The van der Waals surface area contributed by atoms with Gasteiger partial charge in [0.25, 0.3) is 5.91 Å². The Bertz CT molecular complexity index is 894. The zero-order valence-corrected chi connectivity index (χ0v) is 16.2. The fraction of sp³-hybridized carbons (Fsp3) is 0.250. The van der Waals surface area contributed by atoms with Crippen LogP contribution < -0.4 is 0 Å². The number of hydrogen-bond donors (Lipinski definition) is 0. The Morgan fingerprint density at radius 3 is 2.70 bits per heavy atom. The van der Waals surface area contributed by atoms with Crippen LogP contribution in [0.25, 0.3) is 5.69 Å². The van der Waals surface area contributed by atoms with E-state index < -0.39 is 0 Å². The Labute approximate surface area is 164 Å². The molecule has 3 rings (SSSR count). The first kappa shape index (κ1) is 19.1. The molecule has 2 aromatic heterocycles. The number of halogens is 1. The van der Waals surface area contributed by atoms with Crippen LogP contribution in [0.15, 0.2) is 61.2 Å². The third kappa shape index (κ3) is 5.15. The van der Waals surface area contributed by atoms with E-state index in [9.17, 15) is 4.79 Å². The van der Waals surface area contributed by atoms with Crippen molar-refractivity contribution >= 4 is 17.5 Å². The van der Waals surface area contributed by atoms with E-state index >= 15 is 0 Å². The molecule has 0 saturated carbocycles. The molecule has 3 aromatic rings. The standard InChI is InChI=1S/C20H22ClN5O/c1-24(2)9-10-25(14-16-5-4-8-22-12-16)20(27)17-13-23-26(15-17)19-7-3-6-18(21)11-19/h3-8,11-13,15H,9-10,14H2,1-2H3. The number of benzene rings is 1. The van der Waals surface area contributed by atoms with Crippen LogP contribution in [0.5, 0.6) is 0 Å². The lowest BCUT2D eigenvalue weighted by atomic mass is 10.2. The van der Waals surface area contributed by atoms with Gasteiger partial charge in [0.2, 0.25) is 0 Å². The van der Waals surface area contributed by atoms with Crippen LogP contribution in [-0.4, -0.2) is 57.7 Å². The minimum atomic E-state index is -0.0611. The molecule has 0 aliphatic carbocycles. The molecule has 1 aromatic carbocycles. The lowest BCUT2D eigenvalue weighted by Gasteiger charge is -2.24. The molecule has 0 spiro atoms. The Balaban J connectivity index is 1.80. The minimum Gasteiger partial charge on any atom is -0.333 e. The van der Waals surface area contributed by atoms with Crippen molar-refractivity contribution in [2.75, 3.05) is 27.2 Å². The molecule has 0 saturated heterocycles. The number of carbonyl (C=O) groups is 1. The zero-order valence-electron chi connectivity index (χ0n) is 15.4. The molecule has 0 aliphatic rings. The second-order valence-corrected chi connectivity index (χ2v) is 6.98. The molecule has 0 fully saturated rings. The van der Waals surface area contributed by atoms with Crippen LogP contribution in [0.2, 0.25) is 5.02 Å². The van der Waals surface area contributed by atoms with Crippen molar-refractivity contribution in [3.05, 3.63) is 77.3 Å². The molecule has 0 unspecified atom stereocenters. The summed E-state index contributed by atoms with van der Waals surface area (Å²) in [5.41, 5.74) is 2.35. The summed E-state index contributed by atoms with van der Waals surface area (Å²) >= 11 is 6.05. The number of rotatable bonds is 7. The smallest absolute Gasteiger partial charge is 0.257 e. The maximum Gasteiger partial charge on any atom is 0.257 e. The molecule has 0 aliphatic heterocycles. The van der Waals surface area contributed by atoms with Gasteiger partial charge in [-0.1, -0.05) is 23.7 Å². The molecule has 1 amide bonds. The van der Waals surface area contributed by atoms with E-state index in [4.69, 9.17) is 11.6 Å². The van der Waals surface area contributed by atoms with Crippen molar-refractivity contribution in [2.24, 2.45) is 0 Å². The minimum absolute atomic E-state index is 0.0611. The van der Waals surface area contributed by atoms with Crippen LogP contribution in [0, 0.1) is 0 Å². The number of likely N-dealkylation sites (N-methyl/N-ethyl adjacent to an activating group) is 1. The molecule has 2 heterocycles. The molecule has 0 atom stereocenters. The molecule has 0 radical (unpaired) electrons. The van der Waals surface area contributed by atoms with Crippen molar-refractivity contribution < 1.29 is 4.79 Å². The maximum atomic E-state index is 13.1. The van der Waals surface area contributed by atoms with Gasteiger partial charge in [0.05, 0.1) is 17.4 Å². The average Bonchev–Trinajstić information content (AvgIpc) is 3.15. The Hall–Kier alpha value is -2.70. The van der Waals surface area contributed by atoms with E-state index in [0.29, 0.717) is 23.7 Å². The molecule has 140 valence electrons. The second-order valence-electron chi connectivity index (χ2n) is 6.54. The first-order valence-electron chi connectivity index (χ1n) is 8.66. The molecule has 0 N–H and O–H groups in total. The van der Waals surface area contributed by atoms with Gasteiger partial charge in [-0.3, -0.25) is 9.78 Å². The van der Waals surface area contributed by atoms with E-state index in [1.54, 1.807) is 35.5 Å². The van der Waals surface area contributed by atoms with E-state index in [1.807, 2.05) is 49.3 Å². The third-order valence-corrected chi connectivity index (χ3v) is 4.34. The van der Waals surface area contributed by atoms with Gasteiger partial charge in [-0.25, -0.2) is 4.68 Å². The summed E-state index contributed by atoms with van der Waals surface area (Å²) in [6.07, 6.45) is 6.84.